The van der Waals surface area contributed by atoms with Crippen LogP contribution in [0.15, 0.2) is 59.7 Å². The lowest BCUT2D eigenvalue weighted by Gasteiger charge is -2.20. The lowest BCUT2D eigenvalue weighted by molar-refractivity contribution is -0.119. The number of amides is 2. The van der Waals surface area contributed by atoms with Crippen molar-refractivity contribution in [1.82, 2.24) is 9.55 Å². The van der Waals surface area contributed by atoms with Gasteiger partial charge in [0.2, 0.25) is 11.9 Å². The molecule has 0 spiro atoms. The van der Waals surface area contributed by atoms with Gasteiger partial charge in [0.1, 0.15) is 11.8 Å². The van der Waals surface area contributed by atoms with Gasteiger partial charge in [0.25, 0.3) is 5.91 Å². The fourth-order valence-electron chi connectivity index (χ4n) is 3.35. The topological polar surface area (TPSA) is 106 Å². The minimum absolute atomic E-state index is 0.141. The molecule has 0 radical (unpaired) electrons. The SMILES string of the molecule is CCn1c(NC(=O)C2=NN(c3ccccc3)C(C(N)=O)C2)nc2ccccc21. The largest absolute Gasteiger partial charge is 0.368 e. The monoisotopic (exact) mass is 376 g/mol. The van der Waals surface area contributed by atoms with Crippen LogP contribution in [0.25, 0.3) is 11.0 Å². The predicted octanol–water partition coefficient (Wildman–Crippen LogP) is 2.11. The zero-order valence-corrected chi connectivity index (χ0v) is 15.4. The van der Waals surface area contributed by atoms with Crippen molar-refractivity contribution in [3.8, 4) is 0 Å². The van der Waals surface area contributed by atoms with Gasteiger partial charge in [0, 0.05) is 13.0 Å². The van der Waals surface area contributed by atoms with Crippen molar-refractivity contribution < 1.29 is 9.59 Å². The number of hydrogen-bond donors (Lipinski definition) is 2. The van der Waals surface area contributed by atoms with Gasteiger partial charge in [-0.1, -0.05) is 30.3 Å². The van der Waals surface area contributed by atoms with E-state index in [1.54, 1.807) is 0 Å². The van der Waals surface area contributed by atoms with Crippen molar-refractivity contribution in [3.05, 3.63) is 54.6 Å². The first kappa shape index (κ1) is 17.7. The lowest BCUT2D eigenvalue weighted by atomic mass is 10.1. The van der Waals surface area contributed by atoms with E-state index in [1.807, 2.05) is 66.1 Å². The highest BCUT2D eigenvalue weighted by atomic mass is 16.2. The quantitative estimate of drug-likeness (QED) is 0.711. The Morgan fingerprint density at radius 2 is 1.86 bits per heavy atom. The molecule has 1 aliphatic heterocycles. The van der Waals surface area contributed by atoms with Crippen molar-refractivity contribution >= 4 is 40.2 Å². The van der Waals surface area contributed by atoms with Gasteiger partial charge < -0.3 is 10.3 Å². The fourth-order valence-corrected chi connectivity index (χ4v) is 3.35. The summed E-state index contributed by atoms with van der Waals surface area (Å²) in [4.78, 5) is 29.2. The highest BCUT2D eigenvalue weighted by molar-refractivity contribution is 6.44. The average molecular weight is 376 g/mol. The molecule has 4 rings (SSSR count). The summed E-state index contributed by atoms with van der Waals surface area (Å²) in [6, 6.07) is 16.1. The summed E-state index contributed by atoms with van der Waals surface area (Å²) in [5.74, 6) is -0.476. The van der Waals surface area contributed by atoms with E-state index in [0.29, 0.717) is 18.2 Å². The second-order valence-corrected chi connectivity index (χ2v) is 6.47. The Kier molecular flexibility index (Phi) is 4.52. The number of hydrazone groups is 1. The molecular formula is C20H20N6O2. The van der Waals surface area contributed by atoms with Gasteiger partial charge >= 0.3 is 0 Å². The summed E-state index contributed by atoms with van der Waals surface area (Å²) < 4.78 is 1.92. The predicted molar refractivity (Wildman–Crippen MR) is 108 cm³/mol. The number of hydrogen-bond acceptors (Lipinski definition) is 5. The summed E-state index contributed by atoms with van der Waals surface area (Å²) >= 11 is 0. The summed E-state index contributed by atoms with van der Waals surface area (Å²) in [6.07, 6.45) is 0.141. The number of primary amides is 1. The standard InChI is InChI=1S/C20H20N6O2/c1-2-25-16-11-7-6-10-14(16)22-20(25)23-19(28)15-12-17(18(21)27)26(24-15)13-8-4-3-5-9-13/h3-11,17H,2,12H2,1H3,(H2,21,27)(H,22,23,28). The number of nitrogens with zero attached hydrogens (tertiary/aromatic N) is 4. The Bertz CT molecular complexity index is 1070. The minimum atomic E-state index is -0.701. The van der Waals surface area contributed by atoms with E-state index < -0.39 is 17.9 Å². The van der Waals surface area contributed by atoms with Gasteiger partial charge in [-0.15, -0.1) is 0 Å². The number of imidazole rings is 1. The summed E-state index contributed by atoms with van der Waals surface area (Å²) in [6.45, 7) is 2.64. The second kappa shape index (κ2) is 7.15. The molecule has 1 unspecified atom stereocenters. The Morgan fingerprint density at radius 1 is 1.14 bits per heavy atom. The molecule has 1 aliphatic rings. The van der Waals surface area contributed by atoms with E-state index in [2.05, 4.69) is 15.4 Å². The maximum atomic E-state index is 12.8. The van der Waals surface area contributed by atoms with E-state index in [9.17, 15) is 9.59 Å². The van der Waals surface area contributed by atoms with Crippen LogP contribution in [0.2, 0.25) is 0 Å². The first-order valence-corrected chi connectivity index (χ1v) is 9.06. The fraction of sp³-hybridized carbons (Fsp3) is 0.200. The van der Waals surface area contributed by atoms with E-state index >= 15 is 0 Å². The third kappa shape index (κ3) is 3.09. The maximum absolute atomic E-state index is 12.8. The van der Waals surface area contributed by atoms with Crippen molar-refractivity contribution in [2.75, 3.05) is 10.3 Å². The molecule has 0 saturated carbocycles. The molecule has 0 fully saturated rings. The molecule has 8 heteroatoms. The van der Waals surface area contributed by atoms with E-state index in [1.165, 1.54) is 5.01 Å². The average Bonchev–Trinajstić information content (AvgIpc) is 3.30. The number of benzene rings is 2. The summed E-state index contributed by atoms with van der Waals surface area (Å²) in [5, 5.41) is 8.69. The zero-order valence-electron chi connectivity index (χ0n) is 15.4. The van der Waals surface area contributed by atoms with Gasteiger partial charge in [-0.2, -0.15) is 5.10 Å². The number of fused-ring (bicyclic) bond motifs is 1. The first-order chi connectivity index (χ1) is 13.6. The third-order valence-corrected chi connectivity index (χ3v) is 4.72. The maximum Gasteiger partial charge on any atom is 0.274 e. The molecule has 0 aliphatic carbocycles. The smallest absolute Gasteiger partial charge is 0.274 e. The number of aromatic nitrogens is 2. The number of carbonyl (C=O) groups is 2. The van der Waals surface area contributed by atoms with Crippen LogP contribution in [0.3, 0.4) is 0 Å². The highest BCUT2D eigenvalue weighted by Gasteiger charge is 2.35. The molecule has 0 bridgehead atoms. The molecule has 1 atom stereocenters. The summed E-state index contributed by atoms with van der Waals surface area (Å²) in [5.41, 5.74) is 8.22. The third-order valence-electron chi connectivity index (χ3n) is 4.72. The Labute approximate surface area is 161 Å². The van der Waals surface area contributed by atoms with Crippen LogP contribution >= 0.6 is 0 Å². The van der Waals surface area contributed by atoms with Gasteiger partial charge in [-0.3, -0.25) is 19.9 Å². The summed E-state index contributed by atoms with van der Waals surface area (Å²) in [7, 11) is 0. The molecule has 3 aromatic rings. The van der Waals surface area contributed by atoms with E-state index in [-0.39, 0.29) is 12.1 Å². The highest BCUT2D eigenvalue weighted by Crippen LogP contribution is 2.25. The Balaban J connectivity index is 1.62. The number of anilines is 2. The molecule has 2 heterocycles. The van der Waals surface area contributed by atoms with Crippen molar-refractivity contribution in [2.45, 2.75) is 25.9 Å². The molecule has 8 nitrogen and oxygen atoms in total. The number of rotatable bonds is 5. The normalized spacial score (nSPS) is 16.2. The number of carbonyl (C=O) groups excluding carboxylic acids is 2. The minimum Gasteiger partial charge on any atom is -0.368 e. The van der Waals surface area contributed by atoms with E-state index in [0.717, 1.165) is 11.0 Å². The molecule has 2 aromatic carbocycles. The molecule has 2 amide bonds. The number of nitrogens with one attached hydrogen (secondary N) is 1. The van der Waals surface area contributed by atoms with Crippen LogP contribution < -0.4 is 16.1 Å². The van der Waals surface area contributed by atoms with Crippen LogP contribution in [0, 0.1) is 0 Å². The second-order valence-electron chi connectivity index (χ2n) is 6.47. The van der Waals surface area contributed by atoms with Crippen molar-refractivity contribution in [3.63, 3.8) is 0 Å². The van der Waals surface area contributed by atoms with Gasteiger partial charge in [-0.05, 0) is 31.2 Å². The van der Waals surface area contributed by atoms with Gasteiger partial charge in [-0.25, -0.2) is 4.98 Å². The molecule has 28 heavy (non-hydrogen) atoms. The Hall–Kier alpha value is -3.68. The molecule has 3 N–H and O–H groups in total. The molecule has 142 valence electrons. The van der Waals surface area contributed by atoms with Crippen LogP contribution in [-0.4, -0.2) is 33.1 Å². The Morgan fingerprint density at radius 3 is 2.57 bits per heavy atom. The van der Waals surface area contributed by atoms with Crippen LogP contribution in [0.1, 0.15) is 13.3 Å². The zero-order chi connectivity index (χ0) is 19.7. The lowest BCUT2D eigenvalue weighted by Crippen LogP contribution is -2.39. The van der Waals surface area contributed by atoms with Crippen molar-refractivity contribution in [1.29, 1.82) is 0 Å². The molecular weight excluding hydrogens is 356 g/mol. The van der Waals surface area contributed by atoms with Crippen LogP contribution in [0.4, 0.5) is 11.6 Å². The first-order valence-electron chi connectivity index (χ1n) is 9.06. The molecule has 0 saturated heterocycles. The van der Waals surface area contributed by atoms with E-state index in [4.69, 9.17) is 5.73 Å². The van der Waals surface area contributed by atoms with Crippen molar-refractivity contribution in [2.24, 2.45) is 10.8 Å². The van der Waals surface area contributed by atoms with Crippen LogP contribution in [-0.2, 0) is 16.1 Å². The number of nitrogens with two attached hydrogens (primary N) is 1. The van der Waals surface area contributed by atoms with Gasteiger partial charge in [0.05, 0.1) is 16.7 Å². The van der Waals surface area contributed by atoms with Gasteiger partial charge in [0.15, 0.2) is 0 Å². The number of para-hydroxylation sites is 3. The van der Waals surface area contributed by atoms with Crippen LogP contribution in [0.5, 0.6) is 0 Å². The number of aryl methyl sites for hydroxylation is 1. The molecule has 1 aromatic heterocycles.